The number of benzene rings is 2. The molecule has 0 aliphatic heterocycles. The van der Waals surface area contributed by atoms with Crippen molar-refractivity contribution in [1.82, 2.24) is 0 Å². The van der Waals surface area contributed by atoms with Crippen LogP contribution in [-0.2, 0) is 5.54 Å². The first-order chi connectivity index (χ1) is 9.11. The summed E-state index contributed by atoms with van der Waals surface area (Å²) >= 11 is 0. The first-order valence-electron chi connectivity index (χ1n) is 7.07. The van der Waals surface area contributed by atoms with E-state index in [4.69, 9.17) is 5.73 Å². The minimum atomic E-state index is -0.323. The van der Waals surface area contributed by atoms with Crippen molar-refractivity contribution in [2.24, 2.45) is 5.73 Å². The van der Waals surface area contributed by atoms with Crippen LogP contribution >= 0.6 is 0 Å². The lowest BCUT2D eigenvalue weighted by Gasteiger charge is -2.39. The van der Waals surface area contributed by atoms with Crippen molar-refractivity contribution in [3.05, 3.63) is 70.8 Å². The first-order valence-corrected chi connectivity index (χ1v) is 7.07. The summed E-state index contributed by atoms with van der Waals surface area (Å²) in [5.41, 5.74) is 11.7. The molecule has 0 saturated heterocycles. The number of fused-ring (bicyclic) bond motifs is 1. The largest absolute Gasteiger partial charge is 0.318 e. The van der Waals surface area contributed by atoms with Crippen molar-refractivity contribution in [3.63, 3.8) is 0 Å². The zero-order chi connectivity index (χ0) is 13.5. The number of hydrogen-bond acceptors (Lipinski definition) is 1. The summed E-state index contributed by atoms with van der Waals surface area (Å²) in [5.74, 6) is 0.610. The predicted molar refractivity (Wildman–Crippen MR) is 80.2 cm³/mol. The van der Waals surface area contributed by atoms with Crippen LogP contribution < -0.4 is 5.73 Å². The summed E-state index contributed by atoms with van der Waals surface area (Å²) in [5, 5.41) is 0. The lowest BCUT2D eigenvalue weighted by molar-refractivity contribution is 0.412. The third-order valence-electron chi connectivity index (χ3n) is 4.51. The summed E-state index contributed by atoms with van der Waals surface area (Å²) in [6, 6.07) is 17.3. The Balaban J connectivity index is 2.15. The highest BCUT2D eigenvalue weighted by Crippen LogP contribution is 2.43. The molecule has 98 valence electrons. The molecular weight excluding hydrogens is 230 g/mol. The summed E-state index contributed by atoms with van der Waals surface area (Å²) in [7, 11) is 0. The molecule has 1 heteroatoms. The van der Waals surface area contributed by atoms with Crippen molar-refractivity contribution in [2.75, 3.05) is 0 Å². The number of aryl methyl sites for hydroxylation is 1. The predicted octanol–water partition coefficient (Wildman–Crippen LogP) is 4.09. The molecule has 0 saturated carbocycles. The van der Waals surface area contributed by atoms with E-state index in [9.17, 15) is 0 Å². The highest BCUT2D eigenvalue weighted by Gasteiger charge is 2.36. The zero-order valence-corrected chi connectivity index (χ0v) is 11.7. The van der Waals surface area contributed by atoms with E-state index < -0.39 is 0 Å². The molecular formula is C18H21N. The highest BCUT2D eigenvalue weighted by atomic mass is 14.8. The topological polar surface area (TPSA) is 26.0 Å². The van der Waals surface area contributed by atoms with E-state index in [1.807, 2.05) is 0 Å². The van der Waals surface area contributed by atoms with Crippen LogP contribution in [0.2, 0.25) is 0 Å². The van der Waals surface area contributed by atoms with E-state index in [1.54, 1.807) is 0 Å². The molecule has 0 spiro atoms. The van der Waals surface area contributed by atoms with Crippen molar-refractivity contribution < 1.29 is 0 Å². The Hall–Kier alpha value is -1.60. The second kappa shape index (κ2) is 4.50. The first kappa shape index (κ1) is 12.4. The molecule has 2 aromatic carbocycles. The third-order valence-corrected chi connectivity index (χ3v) is 4.51. The fraction of sp³-hybridized carbons (Fsp3) is 0.333. The maximum Gasteiger partial charge on any atom is 0.0668 e. The Labute approximate surface area is 115 Å². The van der Waals surface area contributed by atoms with Crippen LogP contribution in [0.15, 0.2) is 48.5 Å². The van der Waals surface area contributed by atoms with Gasteiger partial charge in [0, 0.05) is 0 Å². The normalized spacial score (nSPS) is 25.9. The van der Waals surface area contributed by atoms with Crippen molar-refractivity contribution in [2.45, 2.75) is 38.1 Å². The Bertz CT molecular complexity index is 585. The van der Waals surface area contributed by atoms with E-state index in [-0.39, 0.29) is 5.54 Å². The quantitative estimate of drug-likeness (QED) is 0.811. The Morgan fingerprint density at radius 2 is 1.74 bits per heavy atom. The third kappa shape index (κ3) is 1.98. The van der Waals surface area contributed by atoms with Crippen LogP contribution in [0.3, 0.4) is 0 Å². The average Bonchev–Trinajstić information content (AvgIpc) is 2.44. The van der Waals surface area contributed by atoms with Crippen molar-refractivity contribution >= 4 is 0 Å². The van der Waals surface area contributed by atoms with E-state index in [0.717, 1.165) is 12.8 Å². The molecule has 2 unspecified atom stereocenters. The van der Waals surface area contributed by atoms with Crippen molar-refractivity contribution in [3.8, 4) is 0 Å². The molecule has 2 N–H and O–H groups in total. The summed E-state index contributed by atoms with van der Waals surface area (Å²) in [6.07, 6.45) is 2.18. The lowest BCUT2D eigenvalue weighted by atomic mass is 9.70. The maximum absolute atomic E-state index is 6.80. The minimum absolute atomic E-state index is 0.323. The molecule has 1 aliphatic carbocycles. The summed E-state index contributed by atoms with van der Waals surface area (Å²) in [4.78, 5) is 0. The fourth-order valence-electron chi connectivity index (χ4n) is 3.22. The van der Waals surface area contributed by atoms with Gasteiger partial charge in [-0.2, -0.15) is 0 Å². The standard InChI is InChI=1S/C18H21N/c1-13-7-9-15(10-8-13)18(19)12-11-14(2)16-5-3-4-6-17(16)18/h3-10,14H,11-12,19H2,1-2H3. The van der Waals surface area contributed by atoms with Gasteiger partial charge in [-0.1, -0.05) is 61.0 Å². The Kier molecular flexibility index (Phi) is 2.94. The van der Waals surface area contributed by atoms with Gasteiger partial charge in [-0.25, -0.2) is 0 Å². The Morgan fingerprint density at radius 3 is 2.47 bits per heavy atom. The monoisotopic (exact) mass is 251 g/mol. The van der Waals surface area contributed by atoms with E-state index in [0.29, 0.717) is 5.92 Å². The average molecular weight is 251 g/mol. The number of nitrogens with two attached hydrogens (primary N) is 1. The second-order valence-corrected chi connectivity index (χ2v) is 5.86. The molecule has 3 rings (SSSR count). The van der Waals surface area contributed by atoms with Gasteiger partial charge in [0.2, 0.25) is 0 Å². The lowest BCUT2D eigenvalue weighted by Crippen LogP contribution is -2.41. The fourth-order valence-corrected chi connectivity index (χ4v) is 3.22. The SMILES string of the molecule is Cc1ccc(C2(N)CCC(C)c3ccccc32)cc1. The van der Waals surface area contributed by atoms with Gasteiger partial charge >= 0.3 is 0 Å². The second-order valence-electron chi connectivity index (χ2n) is 5.86. The molecule has 1 nitrogen and oxygen atoms in total. The molecule has 1 aliphatic rings. The van der Waals surface area contributed by atoms with Gasteiger partial charge < -0.3 is 5.73 Å². The minimum Gasteiger partial charge on any atom is -0.318 e. The number of hydrogen-bond donors (Lipinski definition) is 1. The summed E-state index contributed by atoms with van der Waals surface area (Å²) < 4.78 is 0. The van der Waals surface area contributed by atoms with E-state index in [2.05, 4.69) is 62.4 Å². The summed E-state index contributed by atoms with van der Waals surface area (Å²) in [6.45, 7) is 4.41. The van der Waals surface area contributed by atoms with Crippen LogP contribution in [0, 0.1) is 6.92 Å². The Morgan fingerprint density at radius 1 is 1.05 bits per heavy atom. The molecule has 2 aromatic rings. The van der Waals surface area contributed by atoms with Gasteiger partial charge in [0.1, 0.15) is 0 Å². The van der Waals surface area contributed by atoms with E-state index >= 15 is 0 Å². The van der Waals surface area contributed by atoms with Crippen molar-refractivity contribution in [1.29, 1.82) is 0 Å². The molecule has 19 heavy (non-hydrogen) atoms. The van der Waals surface area contributed by atoms with Crippen LogP contribution in [0.4, 0.5) is 0 Å². The van der Waals surface area contributed by atoms with Crippen LogP contribution in [0.1, 0.15) is 47.9 Å². The van der Waals surface area contributed by atoms with E-state index in [1.165, 1.54) is 22.3 Å². The van der Waals surface area contributed by atoms with Gasteiger partial charge in [0.15, 0.2) is 0 Å². The number of rotatable bonds is 1. The van der Waals surface area contributed by atoms with Gasteiger partial charge in [0.05, 0.1) is 5.54 Å². The molecule has 0 fully saturated rings. The van der Waals surface area contributed by atoms with Gasteiger partial charge in [0.25, 0.3) is 0 Å². The van der Waals surface area contributed by atoms with Gasteiger partial charge in [-0.05, 0) is 42.4 Å². The molecule has 0 amide bonds. The van der Waals surface area contributed by atoms with Crippen LogP contribution in [0.5, 0.6) is 0 Å². The van der Waals surface area contributed by atoms with Gasteiger partial charge in [-0.15, -0.1) is 0 Å². The maximum atomic E-state index is 6.80. The molecule has 0 radical (unpaired) electrons. The van der Waals surface area contributed by atoms with Crippen LogP contribution in [-0.4, -0.2) is 0 Å². The molecule has 0 heterocycles. The molecule has 0 aromatic heterocycles. The van der Waals surface area contributed by atoms with Crippen LogP contribution in [0.25, 0.3) is 0 Å². The smallest absolute Gasteiger partial charge is 0.0668 e. The van der Waals surface area contributed by atoms with Gasteiger partial charge in [-0.3, -0.25) is 0 Å². The highest BCUT2D eigenvalue weighted by molar-refractivity contribution is 5.46. The molecule has 0 bridgehead atoms. The molecule has 2 atom stereocenters. The zero-order valence-electron chi connectivity index (χ0n) is 11.7.